The van der Waals surface area contributed by atoms with Crippen LogP contribution in [0.5, 0.6) is 0 Å². The summed E-state index contributed by atoms with van der Waals surface area (Å²) in [6.07, 6.45) is 1.22. The highest BCUT2D eigenvalue weighted by Crippen LogP contribution is 2.21. The average Bonchev–Trinajstić information content (AvgIpc) is 3.23. The number of hydrogen-bond acceptors (Lipinski definition) is 4. The number of benzene rings is 1. The molecule has 4 rings (SSSR count). The minimum atomic E-state index is 0.0143. The monoisotopic (exact) mass is 299 g/mol. The molecular weight excluding hydrogens is 278 g/mol. The van der Waals surface area contributed by atoms with Crippen molar-refractivity contribution in [3.05, 3.63) is 36.1 Å². The van der Waals surface area contributed by atoms with Crippen LogP contribution in [0, 0.1) is 0 Å². The molecule has 1 amide bonds. The molecule has 3 heterocycles. The SMILES string of the molecule is O=C(c1cc2ccccc2o1)N1CCN(C2CCNC2)CC1. The lowest BCUT2D eigenvalue weighted by atomic mass is 10.2. The maximum atomic E-state index is 12.6. The van der Waals surface area contributed by atoms with Crippen LogP contribution in [0.25, 0.3) is 11.0 Å². The first-order valence-corrected chi connectivity index (χ1v) is 8.04. The van der Waals surface area contributed by atoms with Gasteiger partial charge < -0.3 is 14.6 Å². The standard InChI is InChI=1S/C17H21N3O2/c21-17(16-11-13-3-1-2-4-15(13)22-16)20-9-7-19(8-10-20)14-5-6-18-12-14/h1-4,11,14,18H,5-10,12H2. The van der Waals surface area contributed by atoms with Gasteiger partial charge in [0.2, 0.25) is 0 Å². The molecule has 2 aliphatic heterocycles. The third-order valence-corrected chi connectivity index (χ3v) is 4.79. The van der Waals surface area contributed by atoms with Gasteiger partial charge in [0.1, 0.15) is 5.58 Å². The molecule has 2 saturated heterocycles. The van der Waals surface area contributed by atoms with Crippen LogP contribution < -0.4 is 5.32 Å². The molecule has 5 nitrogen and oxygen atoms in total. The third-order valence-electron chi connectivity index (χ3n) is 4.79. The second-order valence-corrected chi connectivity index (χ2v) is 6.12. The molecule has 5 heteroatoms. The lowest BCUT2D eigenvalue weighted by Crippen LogP contribution is -2.52. The highest BCUT2D eigenvalue weighted by Gasteiger charge is 2.29. The van der Waals surface area contributed by atoms with Gasteiger partial charge in [-0.15, -0.1) is 0 Å². The van der Waals surface area contributed by atoms with E-state index in [1.165, 1.54) is 6.42 Å². The zero-order chi connectivity index (χ0) is 14.9. The number of nitrogens with zero attached hydrogens (tertiary/aromatic N) is 2. The summed E-state index contributed by atoms with van der Waals surface area (Å²) in [5.41, 5.74) is 0.779. The van der Waals surface area contributed by atoms with Crippen LogP contribution in [0.1, 0.15) is 17.0 Å². The Kier molecular flexibility index (Phi) is 3.60. The molecule has 22 heavy (non-hydrogen) atoms. The summed E-state index contributed by atoms with van der Waals surface area (Å²) in [5, 5.41) is 4.39. The molecular formula is C17H21N3O2. The van der Waals surface area contributed by atoms with E-state index in [-0.39, 0.29) is 5.91 Å². The minimum Gasteiger partial charge on any atom is -0.451 e. The van der Waals surface area contributed by atoms with Crippen molar-refractivity contribution in [3.8, 4) is 0 Å². The van der Waals surface area contributed by atoms with Gasteiger partial charge in [0.25, 0.3) is 5.91 Å². The van der Waals surface area contributed by atoms with Crippen molar-refractivity contribution >= 4 is 16.9 Å². The van der Waals surface area contributed by atoms with Crippen molar-refractivity contribution < 1.29 is 9.21 Å². The third kappa shape index (κ3) is 2.51. The number of nitrogens with one attached hydrogen (secondary N) is 1. The van der Waals surface area contributed by atoms with Crippen molar-refractivity contribution in [2.45, 2.75) is 12.5 Å². The van der Waals surface area contributed by atoms with Gasteiger partial charge in [-0.05, 0) is 25.1 Å². The predicted molar refractivity (Wildman–Crippen MR) is 85.0 cm³/mol. The fourth-order valence-corrected chi connectivity index (χ4v) is 3.48. The second kappa shape index (κ2) is 5.74. The summed E-state index contributed by atoms with van der Waals surface area (Å²) in [4.78, 5) is 17.0. The lowest BCUT2D eigenvalue weighted by Gasteiger charge is -2.37. The molecule has 0 bridgehead atoms. The smallest absolute Gasteiger partial charge is 0.289 e. The van der Waals surface area contributed by atoms with Gasteiger partial charge in [0.15, 0.2) is 5.76 Å². The molecule has 1 N–H and O–H groups in total. The number of carbonyl (C=O) groups excluding carboxylic acids is 1. The number of carbonyl (C=O) groups is 1. The number of piperazine rings is 1. The molecule has 1 unspecified atom stereocenters. The Balaban J connectivity index is 1.43. The summed E-state index contributed by atoms with van der Waals surface area (Å²) in [6.45, 7) is 5.68. The molecule has 0 radical (unpaired) electrons. The lowest BCUT2D eigenvalue weighted by molar-refractivity contribution is 0.0557. The summed E-state index contributed by atoms with van der Waals surface area (Å²) < 4.78 is 5.69. The molecule has 1 aromatic heterocycles. The van der Waals surface area contributed by atoms with Crippen molar-refractivity contribution in [1.82, 2.24) is 15.1 Å². The Bertz CT molecular complexity index is 634. The van der Waals surface area contributed by atoms with Gasteiger partial charge in [-0.3, -0.25) is 9.69 Å². The molecule has 116 valence electrons. The summed E-state index contributed by atoms with van der Waals surface area (Å²) in [6, 6.07) is 10.3. The van der Waals surface area contributed by atoms with E-state index in [2.05, 4.69) is 10.2 Å². The Hall–Kier alpha value is -1.85. The Morgan fingerprint density at radius 3 is 2.73 bits per heavy atom. The van der Waals surface area contributed by atoms with Crippen LogP contribution in [-0.4, -0.2) is 61.0 Å². The van der Waals surface area contributed by atoms with E-state index in [1.807, 2.05) is 35.2 Å². The summed E-state index contributed by atoms with van der Waals surface area (Å²) >= 11 is 0. The fourth-order valence-electron chi connectivity index (χ4n) is 3.48. The molecule has 2 fully saturated rings. The van der Waals surface area contributed by atoms with Crippen molar-refractivity contribution in [1.29, 1.82) is 0 Å². The van der Waals surface area contributed by atoms with Crippen LogP contribution in [0.3, 0.4) is 0 Å². The quantitative estimate of drug-likeness (QED) is 0.914. The number of rotatable bonds is 2. The normalized spacial score (nSPS) is 23.3. The topological polar surface area (TPSA) is 48.7 Å². The molecule has 2 aromatic rings. The first-order chi connectivity index (χ1) is 10.8. The van der Waals surface area contributed by atoms with E-state index >= 15 is 0 Å². The molecule has 0 saturated carbocycles. The first-order valence-electron chi connectivity index (χ1n) is 8.04. The van der Waals surface area contributed by atoms with E-state index in [0.29, 0.717) is 11.8 Å². The zero-order valence-corrected chi connectivity index (χ0v) is 12.6. The first kappa shape index (κ1) is 13.8. The molecule has 2 aliphatic rings. The number of furan rings is 1. The highest BCUT2D eigenvalue weighted by atomic mass is 16.3. The van der Waals surface area contributed by atoms with Gasteiger partial charge in [0, 0.05) is 44.2 Å². The van der Waals surface area contributed by atoms with Crippen LogP contribution in [0.4, 0.5) is 0 Å². The predicted octanol–water partition coefficient (Wildman–Crippen LogP) is 1.55. The summed E-state index contributed by atoms with van der Waals surface area (Å²) in [5.74, 6) is 0.470. The van der Waals surface area contributed by atoms with E-state index in [4.69, 9.17) is 4.42 Å². The van der Waals surface area contributed by atoms with Crippen molar-refractivity contribution in [3.63, 3.8) is 0 Å². The van der Waals surface area contributed by atoms with Crippen LogP contribution in [-0.2, 0) is 0 Å². The summed E-state index contributed by atoms with van der Waals surface area (Å²) in [7, 11) is 0. The molecule has 0 aliphatic carbocycles. The van der Waals surface area contributed by atoms with Gasteiger partial charge in [-0.25, -0.2) is 0 Å². The van der Waals surface area contributed by atoms with E-state index in [9.17, 15) is 4.79 Å². The Labute approximate surface area is 129 Å². The zero-order valence-electron chi connectivity index (χ0n) is 12.6. The second-order valence-electron chi connectivity index (χ2n) is 6.12. The number of hydrogen-bond donors (Lipinski definition) is 1. The molecule has 0 spiro atoms. The van der Waals surface area contributed by atoms with Crippen LogP contribution in [0.15, 0.2) is 34.7 Å². The molecule has 1 aromatic carbocycles. The number of para-hydroxylation sites is 1. The van der Waals surface area contributed by atoms with Gasteiger partial charge in [0.05, 0.1) is 0 Å². The Morgan fingerprint density at radius 2 is 2.00 bits per heavy atom. The van der Waals surface area contributed by atoms with E-state index in [1.54, 1.807) is 0 Å². The number of amides is 1. The highest BCUT2D eigenvalue weighted by molar-refractivity contribution is 5.96. The van der Waals surface area contributed by atoms with Gasteiger partial charge in [-0.2, -0.15) is 0 Å². The van der Waals surface area contributed by atoms with Gasteiger partial charge in [-0.1, -0.05) is 18.2 Å². The molecule has 1 atom stereocenters. The minimum absolute atomic E-state index is 0.0143. The maximum absolute atomic E-state index is 12.6. The van der Waals surface area contributed by atoms with E-state index in [0.717, 1.165) is 50.2 Å². The fraction of sp³-hybridized carbons (Fsp3) is 0.471. The van der Waals surface area contributed by atoms with Crippen LogP contribution >= 0.6 is 0 Å². The van der Waals surface area contributed by atoms with Crippen molar-refractivity contribution in [2.24, 2.45) is 0 Å². The van der Waals surface area contributed by atoms with Crippen LogP contribution in [0.2, 0.25) is 0 Å². The number of fused-ring (bicyclic) bond motifs is 1. The van der Waals surface area contributed by atoms with Crippen molar-refractivity contribution in [2.75, 3.05) is 39.3 Å². The Morgan fingerprint density at radius 1 is 1.18 bits per heavy atom. The van der Waals surface area contributed by atoms with Gasteiger partial charge >= 0.3 is 0 Å². The average molecular weight is 299 g/mol. The van der Waals surface area contributed by atoms with E-state index < -0.39 is 0 Å². The largest absolute Gasteiger partial charge is 0.451 e. The maximum Gasteiger partial charge on any atom is 0.289 e.